The van der Waals surface area contributed by atoms with E-state index < -0.39 is 0 Å². The molecule has 0 radical (unpaired) electrons. The Labute approximate surface area is 210 Å². The highest BCUT2D eigenvalue weighted by Gasteiger charge is 2.35. The van der Waals surface area contributed by atoms with Gasteiger partial charge in [0, 0.05) is 78.0 Å². The maximum atomic E-state index is 13.4. The van der Waals surface area contributed by atoms with Crippen molar-refractivity contribution in [2.24, 2.45) is 13.0 Å². The molecular weight excluding hydrogens is 446 g/mol. The van der Waals surface area contributed by atoms with Gasteiger partial charge < -0.3 is 4.57 Å². The van der Waals surface area contributed by atoms with E-state index in [4.69, 9.17) is 5.10 Å². The van der Waals surface area contributed by atoms with Crippen LogP contribution in [-0.4, -0.2) is 30.1 Å². The molecule has 0 N–H and O–H groups in total. The van der Waals surface area contributed by atoms with Crippen molar-refractivity contribution in [3.63, 3.8) is 0 Å². The maximum absolute atomic E-state index is 13.4. The molecule has 3 aromatic heterocycles. The molecule has 0 spiro atoms. The number of rotatable bonds is 4. The molecule has 2 aliphatic rings. The zero-order valence-corrected chi connectivity index (χ0v) is 21.0. The Morgan fingerprint density at radius 3 is 2.61 bits per heavy atom. The lowest BCUT2D eigenvalue weighted by molar-refractivity contribution is 0.0995. The Kier molecular flexibility index (Phi) is 4.69. The molecule has 0 bridgehead atoms. The van der Waals surface area contributed by atoms with Gasteiger partial charge in [-0.05, 0) is 60.1 Å². The van der Waals surface area contributed by atoms with Gasteiger partial charge in [0.25, 0.3) is 0 Å². The van der Waals surface area contributed by atoms with E-state index in [0.717, 1.165) is 54.0 Å². The number of nitrogens with zero attached hydrogens (tertiary/aromatic N) is 5. The highest BCUT2D eigenvalue weighted by atomic mass is 16.1. The van der Waals surface area contributed by atoms with Crippen LogP contribution in [0.4, 0.5) is 0 Å². The van der Waals surface area contributed by atoms with Gasteiger partial charge in [0.1, 0.15) is 5.82 Å². The van der Waals surface area contributed by atoms with Gasteiger partial charge in [-0.1, -0.05) is 19.9 Å². The number of hydrogen-bond acceptors (Lipinski definition) is 4. The zero-order valence-electron chi connectivity index (χ0n) is 21.0. The smallest absolute Gasteiger partial charge is 0.164 e. The SMILES string of the molecule is CC(C)Cn1c2ccc(Cc3ncccn3)cc2c2c3c(c4c(c21)CCc1nn(C)cc1-4)C(=O)CC3. The predicted molar refractivity (Wildman–Crippen MR) is 141 cm³/mol. The molecule has 0 saturated heterocycles. The molecule has 0 fully saturated rings. The van der Waals surface area contributed by atoms with Gasteiger partial charge >= 0.3 is 0 Å². The summed E-state index contributed by atoms with van der Waals surface area (Å²) in [5.74, 6) is 1.60. The van der Waals surface area contributed by atoms with Crippen LogP contribution in [0.2, 0.25) is 0 Å². The fourth-order valence-electron chi connectivity index (χ4n) is 6.47. The second-order valence-corrected chi connectivity index (χ2v) is 10.7. The van der Waals surface area contributed by atoms with E-state index in [0.29, 0.717) is 18.8 Å². The fourth-order valence-corrected chi connectivity index (χ4v) is 6.47. The van der Waals surface area contributed by atoms with Gasteiger partial charge in [-0.15, -0.1) is 0 Å². The number of carbonyl (C=O) groups is 1. The minimum Gasteiger partial charge on any atom is -0.340 e. The average Bonchev–Trinajstić information content (AvgIpc) is 3.52. The van der Waals surface area contributed by atoms with Crippen LogP contribution in [0.3, 0.4) is 0 Å². The third-order valence-electron chi connectivity index (χ3n) is 7.77. The van der Waals surface area contributed by atoms with Gasteiger partial charge in [-0.2, -0.15) is 5.10 Å². The van der Waals surface area contributed by atoms with Crippen LogP contribution in [0.1, 0.15) is 58.8 Å². The van der Waals surface area contributed by atoms with E-state index in [1.807, 2.05) is 17.8 Å². The molecule has 2 aliphatic carbocycles. The third-order valence-corrected chi connectivity index (χ3v) is 7.77. The average molecular weight is 476 g/mol. The van der Waals surface area contributed by atoms with Crippen molar-refractivity contribution >= 4 is 27.6 Å². The van der Waals surface area contributed by atoms with Gasteiger partial charge in [0.2, 0.25) is 0 Å². The normalized spacial score (nSPS) is 14.6. The van der Waals surface area contributed by atoms with Crippen molar-refractivity contribution in [1.29, 1.82) is 0 Å². The summed E-state index contributed by atoms with van der Waals surface area (Å²) in [5, 5.41) is 7.27. The van der Waals surface area contributed by atoms with E-state index in [1.165, 1.54) is 38.5 Å². The number of aromatic nitrogens is 5. The summed E-state index contributed by atoms with van der Waals surface area (Å²) in [7, 11) is 1.98. The van der Waals surface area contributed by atoms with Crippen LogP contribution in [0.5, 0.6) is 0 Å². The minimum atomic E-state index is 0.276. The molecular formula is C30H29N5O. The number of benzene rings is 2. The molecule has 5 aromatic rings. The fraction of sp³-hybridized carbons (Fsp3) is 0.333. The van der Waals surface area contributed by atoms with Crippen LogP contribution in [-0.2, 0) is 39.3 Å². The number of carbonyl (C=O) groups excluding carboxylic acids is 1. The zero-order chi connectivity index (χ0) is 24.6. The standard InChI is InChI=1S/C30H29N5O/c1-17(2)15-35-24-9-5-18(14-26-31-11-4-12-32-26)13-21(24)28-19-7-10-25(36)29(19)27-20(30(28)35)6-8-23-22(27)16-34(3)33-23/h4-5,9,11-13,16-17H,6-8,10,14-15H2,1-3H3. The van der Waals surface area contributed by atoms with E-state index in [1.54, 1.807) is 12.4 Å². The van der Waals surface area contributed by atoms with Gasteiger partial charge in [-0.25, -0.2) is 9.97 Å². The largest absolute Gasteiger partial charge is 0.340 e. The van der Waals surface area contributed by atoms with Crippen molar-refractivity contribution < 1.29 is 4.79 Å². The number of ketones is 1. The maximum Gasteiger partial charge on any atom is 0.164 e. The van der Waals surface area contributed by atoms with Crippen molar-refractivity contribution in [3.8, 4) is 11.1 Å². The first-order valence-corrected chi connectivity index (χ1v) is 12.9. The van der Waals surface area contributed by atoms with Crippen molar-refractivity contribution in [3.05, 3.63) is 76.6 Å². The second-order valence-electron chi connectivity index (χ2n) is 10.7. The van der Waals surface area contributed by atoms with E-state index in [9.17, 15) is 4.79 Å². The number of aryl methyl sites for hydroxylation is 4. The quantitative estimate of drug-likeness (QED) is 0.346. The Bertz CT molecular complexity index is 1690. The summed E-state index contributed by atoms with van der Waals surface area (Å²) in [5.41, 5.74) is 10.7. The first-order chi connectivity index (χ1) is 17.5. The summed E-state index contributed by atoms with van der Waals surface area (Å²) in [6.07, 6.45) is 9.61. The lowest BCUT2D eigenvalue weighted by Crippen LogP contribution is -2.12. The monoisotopic (exact) mass is 475 g/mol. The Morgan fingerprint density at radius 2 is 1.81 bits per heavy atom. The number of fused-ring (bicyclic) bond motifs is 10. The van der Waals surface area contributed by atoms with Crippen molar-refractivity contribution in [2.45, 2.75) is 52.5 Å². The van der Waals surface area contributed by atoms with Crippen LogP contribution >= 0.6 is 0 Å². The van der Waals surface area contributed by atoms with Crippen LogP contribution in [0, 0.1) is 5.92 Å². The molecule has 180 valence electrons. The minimum absolute atomic E-state index is 0.276. The van der Waals surface area contributed by atoms with E-state index >= 15 is 0 Å². The summed E-state index contributed by atoms with van der Waals surface area (Å²) in [4.78, 5) is 22.3. The van der Waals surface area contributed by atoms with E-state index in [-0.39, 0.29) is 5.78 Å². The molecule has 6 nitrogen and oxygen atoms in total. The summed E-state index contributed by atoms with van der Waals surface area (Å²) >= 11 is 0. The first kappa shape index (κ1) is 21.5. The summed E-state index contributed by atoms with van der Waals surface area (Å²) in [6, 6.07) is 8.65. The molecule has 36 heavy (non-hydrogen) atoms. The van der Waals surface area contributed by atoms with Crippen LogP contribution in [0.15, 0.2) is 42.9 Å². The Balaban J connectivity index is 1.58. The molecule has 6 heteroatoms. The Hall–Kier alpha value is -3.80. The molecule has 0 atom stereocenters. The summed E-state index contributed by atoms with van der Waals surface area (Å²) in [6.45, 7) is 5.50. The number of Topliss-reactive ketones (excluding diaryl/α,β-unsaturated/α-hetero) is 1. The van der Waals surface area contributed by atoms with E-state index in [2.05, 4.69) is 52.8 Å². The molecule has 0 unspecified atom stereocenters. The predicted octanol–water partition coefficient (Wildman–Crippen LogP) is 5.46. The van der Waals surface area contributed by atoms with Crippen molar-refractivity contribution in [1.82, 2.24) is 24.3 Å². The highest BCUT2D eigenvalue weighted by molar-refractivity contribution is 6.20. The first-order valence-electron chi connectivity index (χ1n) is 12.9. The van der Waals surface area contributed by atoms with Gasteiger partial charge in [0.05, 0.1) is 11.2 Å². The van der Waals surface area contributed by atoms with Crippen LogP contribution < -0.4 is 0 Å². The second kappa shape index (κ2) is 7.85. The summed E-state index contributed by atoms with van der Waals surface area (Å²) < 4.78 is 4.43. The van der Waals surface area contributed by atoms with Crippen molar-refractivity contribution in [2.75, 3.05) is 0 Å². The topological polar surface area (TPSA) is 65.6 Å². The van der Waals surface area contributed by atoms with Gasteiger partial charge in [-0.3, -0.25) is 9.48 Å². The highest BCUT2D eigenvalue weighted by Crippen LogP contribution is 2.48. The lowest BCUT2D eigenvalue weighted by Gasteiger charge is -2.22. The molecule has 3 heterocycles. The lowest BCUT2D eigenvalue weighted by atomic mass is 9.82. The molecule has 0 aliphatic heterocycles. The van der Waals surface area contributed by atoms with Crippen LogP contribution in [0.25, 0.3) is 32.9 Å². The number of hydrogen-bond donors (Lipinski definition) is 0. The molecule has 0 amide bonds. The van der Waals surface area contributed by atoms with Gasteiger partial charge in [0.15, 0.2) is 5.78 Å². The molecule has 2 aromatic carbocycles. The molecule has 7 rings (SSSR count). The third kappa shape index (κ3) is 3.10. The molecule has 0 saturated carbocycles. The Morgan fingerprint density at radius 1 is 1.00 bits per heavy atom.